The largest absolute Gasteiger partial charge is 0.486 e. The third-order valence-electron chi connectivity index (χ3n) is 4.60. The Morgan fingerprint density at radius 1 is 0.871 bits per heavy atom. The molecule has 1 aromatic heterocycles. The molecule has 9 nitrogen and oxygen atoms in total. The summed E-state index contributed by atoms with van der Waals surface area (Å²) < 4.78 is 62.5. The van der Waals surface area contributed by atoms with Gasteiger partial charge in [-0.3, -0.25) is 4.72 Å². The molecule has 3 aromatic rings. The Morgan fingerprint density at radius 2 is 1.58 bits per heavy atom. The van der Waals surface area contributed by atoms with Gasteiger partial charge in [0.05, 0.1) is 16.3 Å². The van der Waals surface area contributed by atoms with E-state index in [1.807, 2.05) is 0 Å². The van der Waals surface area contributed by atoms with Crippen LogP contribution in [0.3, 0.4) is 0 Å². The van der Waals surface area contributed by atoms with Crippen molar-refractivity contribution in [2.45, 2.75) is 16.8 Å². The highest BCUT2D eigenvalue weighted by Crippen LogP contribution is 2.33. The number of hydrogen-bond acceptors (Lipinski definition) is 8. The van der Waals surface area contributed by atoms with Crippen molar-refractivity contribution in [2.24, 2.45) is 0 Å². The highest BCUT2D eigenvalue weighted by atomic mass is 32.2. The SMILES string of the molecule is CCS(=O)(=O)c1ccc(-c2ccc(NS(=O)(=O)c3ccc4c(c3)OCCO4)cc2)nn1. The van der Waals surface area contributed by atoms with Gasteiger partial charge in [0.25, 0.3) is 10.0 Å². The summed E-state index contributed by atoms with van der Waals surface area (Å²) in [5.74, 6) is 0.837. The van der Waals surface area contributed by atoms with Gasteiger partial charge in [0, 0.05) is 17.3 Å². The van der Waals surface area contributed by atoms with E-state index in [0.29, 0.717) is 41.7 Å². The lowest BCUT2D eigenvalue weighted by Gasteiger charge is -2.19. The summed E-state index contributed by atoms with van der Waals surface area (Å²) in [6, 6.07) is 13.9. The Hall–Kier alpha value is -3.18. The van der Waals surface area contributed by atoms with E-state index < -0.39 is 19.9 Å². The molecular weight excluding hydrogens is 442 g/mol. The van der Waals surface area contributed by atoms with E-state index in [2.05, 4.69) is 14.9 Å². The quantitative estimate of drug-likeness (QED) is 0.594. The number of aromatic nitrogens is 2. The minimum atomic E-state index is -3.83. The summed E-state index contributed by atoms with van der Waals surface area (Å²) >= 11 is 0. The van der Waals surface area contributed by atoms with Crippen LogP contribution < -0.4 is 14.2 Å². The number of fused-ring (bicyclic) bond motifs is 1. The molecule has 2 heterocycles. The number of benzene rings is 2. The maximum absolute atomic E-state index is 12.7. The van der Waals surface area contributed by atoms with Gasteiger partial charge in [0.1, 0.15) is 13.2 Å². The van der Waals surface area contributed by atoms with Gasteiger partial charge in [0.15, 0.2) is 26.4 Å². The molecule has 0 radical (unpaired) electrons. The summed E-state index contributed by atoms with van der Waals surface area (Å²) in [4.78, 5) is 0.0550. The van der Waals surface area contributed by atoms with Crippen LogP contribution >= 0.6 is 0 Å². The molecule has 162 valence electrons. The fraction of sp³-hybridized carbons (Fsp3) is 0.200. The smallest absolute Gasteiger partial charge is 0.262 e. The lowest BCUT2D eigenvalue weighted by molar-refractivity contribution is 0.171. The first-order chi connectivity index (χ1) is 14.8. The molecule has 0 aliphatic carbocycles. The molecule has 0 spiro atoms. The van der Waals surface area contributed by atoms with Gasteiger partial charge in [-0.1, -0.05) is 19.1 Å². The van der Waals surface area contributed by atoms with Crippen molar-refractivity contribution in [2.75, 3.05) is 23.7 Å². The van der Waals surface area contributed by atoms with Crippen molar-refractivity contribution in [3.63, 3.8) is 0 Å². The van der Waals surface area contributed by atoms with Crippen molar-refractivity contribution < 1.29 is 26.3 Å². The van der Waals surface area contributed by atoms with Crippen molar-refractivity contribution in [1.29, 1.82) is 0 Å². The summed E-state index contributed by atoms with van der Waals surface area (Å²) in [5.41, 5.74) is 1.49. The number of nitrogens with zero attached hydrogens (tertiary/aromatic N) is 2. The lowest BCUT2D eigenvalue weighted by atomic mass is 10.1. The zero-order valence-electron chi connectivity index (χ0n) is 16.5. The Balaban J connectivity index is 1.52. The Kier molecular flexibility index (Phi) is 5.54. The monoisotopic (exact) mass is 461 g/mol. The van der Waals surface area contributed by atoms with Crippen molar-refractivity contribution in [3.8, 4) is 22.8 Å². The van der Waals surface area contributed by atoms with E-state index in [4.69, 9.17) is 9.47 Å². The van der Waals surface area contributed by atoms with E-state index >= 15 is 0 Å². The normalized spacial score (nSPS) is 13.6. The van der Waals surface area contributed by atoms with Crippen LogP contribution in [0.4, 0.5) is 5.69 Å². The first-order valence-corrected chi connectivity index (χ1v) is 12.5. The van der Waals surface area contributed by atoms with E-state index in [9.17, 15) is 16.8 Å². The van der Waals surface area contributed by atoms with Crippen molar-refractivity contribution in [1.82, 2.24) is 10.2 Å². The van der Waals surface area contributed by atoms with Crippen LogP contribution in [-0.2, 0) is 19.9 Å². The molecule has 4 rings (SSSR count). The minimum Gasteiger partial charge on any atom is -0.486 e. The summed E-state index contributed by atoms with van der Waals surface area (Å²) in [7, 11) is -7.25. The predicted molar refractivity (Wildman–Crippen MR) is 113 cm³/mol. The molecule has 0 saturated heterocycles. The van der Waals surface area contributed by atoms with Crippen molar-refractivity contribution in [3.05, 3.63) is 54.6 Å². The van der Waals surface area contributed by atoms with E-state index in [0.717, 1.165) is 0 Å². The van der Waals surface area contributed by atoms with E-state index in [-0.39, 0.29) is 15.7 Å². The maximum atomic E-state index is 12.7. The highest BCUT2D eigenvalue weighted by Gasteiger charge is 2.20. The molecule has 0 fully saturated rings. The second-order valence-electron chi connectivity index (χ2n) is 6.65. The highest BCUT2D eigenvalue weighted by molar-refractivity contribution is 7.92. The first-order valence-electron chi connectivity index (χ1n) is 9.38. The average Bonchev–Trinajstić information content (AvgIpc) is 2.79. The van der Waals surface area contributed by atoms with Crippen LogP contribution in [0.15, 0.2) is 64.5 Å². The van der Waals surface area contributed by atoms with Gasteiger partial charge in [-0.05, 0) is 36.4 Å². The summed E-state index contributed by atoms with van der Waals surface area (Å²) in [6.45, 7) is 2.32. The molecule has 0 saturated carbocycles. The maximum Gasteiger partial charge on any atom is 0.262 e. The number of rotatable bonds is 6. The van der Waals surface area contributed by atoms with Gasteiger partial charge < -0.3 is 9.47 Å². The zero-order chi connectivity index (χ0) is 22.1. The lowest BCUT2D eigenvalue weighted by Crippen LogP contribution is -2.17. The summed E-state index contributed by atoms with van der Waals surface area (Å²) in [6.07, 6.45) is 0. The van der Waals surface area contributed by atoms with Crippen LogP contribution in [0.5, 0.6) is 11.5 Å². The fourth-order valence-electron chi connectivity index (χ4n) is 2.90. The molecule has 0 atom stereocenters. The van der Waals surface area contributed by atoms with Gasteiger partial charge >= 0.3 is 0 Å². The van der Waals surface area contributed by atoms with Gasteiger partial charge in [-0.2, -0.15) is 0 Å². The van der Waals surface area contributed by atoms with Crippen LogP contribution in [0.25, 0.3) is 11.3 Å². The molecular formula is C20H19N3O6S2. The number of ether oxygens (including phenoxy) is 2. The number of nitrogens with one attached hydrogen (secondary N) is 1. The second kappa shape index (κ2) is 8.16. The van der Waals surface area contributed by atoms with Crippen LogP contribution in [0.2, 0.25) is 0 Å². The van der Waals surface area contributed by atoms with Crippen LogP contribution in [0, 0.1) is 0 Å². The van der Waals surface area contributed by atoms with Gasteiger partial charge in [-0.15, -0.1) is 10.2 Å². The molecule has 0 bridgehead atoms. The summed E-state index contributed by atoms with van der Waals surface area (Å²) in [5, 5.41) is 7.66. The minimum absolute atomic E-state index is 0.0550. The number of sulfonamides is 1. The Bertz CT molecular complexity index is 1310. The second-order valence-corrected chi connectivity index (χ2v) is 10.6. The molecule has 0 unspecified atom stereocenters. The van der Waals surface area contributed by atoms with E-state index in [1.165, 1.54) is 25.1 Å². The fourth-order valence-corrected chi connectivity index (χ4v) is 4.71. The van der Waals surface area contributed by atoms with Gasteiger partial charge in [0.2, 0.25) is 0 Å². The molecule has 2 aromatic carbocycles. The topological polar surface area (TPSA) is 125 Å². The number of hydrogen-bond donors (Lipinski definition) is 1. The molecule has 0 amide bonds. The Morgan fingerprint density at radius 3 is 2.23 bits per heavy atom. The molecule has 1 aliphatic heterocycles. The van der Waals surface area contributed by atoms with Gasteiger partial charge in [-0.25, -0.2) is 16.8 Å². The average molecular weight is 462 g/mol. The molecule has 1 aliphatic rings. The zero-order valence-corrected chi connectivity index (χ0v) is 18.1. The number of sulfone groups is 1. The predicted octanol–water partition coefficient (Wildman–Crippen LogP) is 2.51. The number of anilines is 1. The molecule has 1 N–H and O–H groups in total. The third kappa shape index (κ3) is 4.47. The standard InChI is InChI=1S/C20H19N3O6S2/c1-2-30(24,25)20-10-8-17(21-22-20)14-3-5-15(6-4-14)23-31(26,27)16-7-9-18-19(13-16)29-12-11-28-18/h3-10,13,23H,2,11-12H2,1H3. The van der Waals surface area contributed by atoms with E-state index in [1.54, 1.807) is 36.4 Å². The first kappa shape index (κ1) is 21.1. The molecule has 31 heavy (non-hydrogen) atoms. The molecule has 11 heteroatoms. The van der Waals surface area contributed by atoms with Crippen LogP contribution in [0.1, 0.15) is 6.92 Å². The third-order valence-corrected chi connectivity index (χ3v) is 7.59. The van der Waals surface area contributed by atoms with Crippen molar-refractivity contribution >= 4 is 25.5 Å². The van der Waals surface area contributed by atoms with Crippen LogP contribution in [-0.4, -0.2) is 46.0 Å². The Labute approximate surface area is 180 Å².